The molecule has 0 amide bonds. The zero-order chi connectivity index (χ0) is 17.2. The molecule has 0 saturated heterocycles. The van der Waals surface area contributed by atoms with Crippen LogP contribution >= 0.6 is 0 Å². The van der Waals surface area contributed by atoms with Crippen LogP contribution in [0.5, 0.6) is 0 Å². The Bertz CT molecular complexity index is 729. The van der Waals surface area contributed by atoms with Gasteiger partial charge in [-0.05, 0) is 86.3 Å². The summed E-state index contributed by atoms with van der Waals surface area (Å²) < 4.78 is 11.4. The Morgan fingerprint density at radius 1 is 1.24 bits per heavy atom. The van der Waals surface area contributed by atoms with Gasteiger partial charge in [-0.25, -0.2) is 0 Å². The molecule has 4 aliphatic rings. The molecule has 0 aromatic carbocycles. The standard InChI is InChI=1S/C22H28O3/c1-13(23)25-21-6-5-19-17-4-3-14-12-20-15(8-10-24-20)11-18(14)16(17)7-9-22(19,21)2/h8,10,12,16-19,21H,3-7,9,11H2,1-2H3/t16-,17+,18-,19-,21-,22-/m0/s1. The lowest BCUT2D eigenvalue weighted by atomic mass is 9.52. The van der Waals surface area contributed by atoms with Gasteiger partial charge in [-0.1, -0.05) is 12.5 Å². The molecule has 0 bridgehead atoms. The minimum atomic E-state index is -0.109. The van der Waals surface area contributed by atoms with Crippen LogP contribution in [0.15, 0.2) is 22.3 Å². The lowest BCUT2D eigenvalue weighted by Gasteiger charge is -2.53. The molecule has 0 spiro atoms. The van der Waals surface area contributed by atoms with E-state index < -0.39 is 0 Å². The van der Waals surface area contributed by atoms with Crippen LogP contribution in [0.25, 0.3) is 6.08 Å². The van der Waals surface area contributed by atoms with Crippen molar-refractivity contribution in [2.45, 2.75) is 64.9 Å². The molecule has 3 nitrogen and oxygen atoms in total. The van der Waals surface area contributed by atoms with Gasteiger partial charge in [0.05, 0.1) is 6.26 Å². The third-order valence-electron chi connectivity index (χ3n) is 8.01. The highest BCUT2D eigenvalue weighted by Crippen LogP contribution is 2.62. The molecule has 0 aliphatic heterocycles. The van der Waals surface area contributed by atoms with Crippen LogP contribution in [0, 0.1) is 29.1 Å². The SMILES string of the molecule is CC(=O)O[C@H]1CC[C@H]2[C@@H]3CCC4=Cc5occc5C[C@@H]4[C@H]3CC[C@]12C. The Hall–Kier alpha value is -1.51. The fourth-order valence-corrected chi connectivity index (χ4v) is 6.88. The first kappa shape index (κ1) is 15.7. The van der Waals surface area contributed by atoms with Crippen LogP contribution in [0.1, 0.15) is 63.7 Å². The number of carbonyl (C=O) groups is 1. The number of fused-ring (bicyclic) bond motifs is 6. The summed E-state index contributed by atoms with van der Waals surface area (Å²) in [7, 11) is 0. The highest BCUT2D eigenvalue weighted by Gasteiger charge is 2.57. The Kier molecular flexibility index (Phi) is 3.45. The van der Waals surface area contributed by atoms with Gasteiger partial charge >= 0.3 is 5.97 Å². The summed E-state index contributed by atoms with van der Waals surface area (Å²) in [5.74, 6) is 4.03. The molecule has 25 heavy (non-hydrogen) atoms. The Balaban J connectivity index is 1.42. The van der Waals surface area contributed by atoms with Crippen molar-refractivity contribution in [2.75, 3.05) is 0 Å². The predicted octanol–water partition coefficient (Wildman–Crippen LogP) is 5.00. The first-order valence-electron chi connectivity index (χ1n) is 10.0. The lowest BCUT2D eigenvalue weighted by Crippen LogP contribution is -2.48. The molecule has 1 aromatic rings. The smallest absolute Gasteiger partial charge is 0.302 e. The van der Waals surface area contributed by atoms with Crippen molar-refractivity contribution in [1.82, 2.24) is 0 Å². The summed E-state index contributed by atoms with van der Waals surface area (Å²) in [4.78, 5) is 11.5. The van der Waals surface area contributed by atoms with Crippen molar-refractivity contribution in [2.24, 2.45) is 29.1 Å². The van der Waals surface area contributed by atoms with Crippen LogP contribution in [0.2, 0.25) is 0 Å². The van der Waals surface area contributed by atoms with E-state index in [0.717, 1.165) is 36.4 Å². The maximum absolute atomic E-state index is 11.5. The van der Waals surface area contributed by atoms with E-state index >= 15 is 0 Å². The van der Waals surface area contributed by atoms with Crippen molar-refractivity contribution >= 4 is 12.0 Å². The number of carbonyl (C=O) groups excluding carboxylic acids is 1. The van der Waals surface area contributed by atoms with Crippen LogP contribution in [0.4, 0.5) is 0 Å². The monoisotopic (exact) mass is 340 g/mol. The third-order valence-corrected chi connectivity index (χ3v) is 8.01. The molecule has 0 radical (unpaired) electrons. The van der Waals surface area contributed by atoms with Crippen molar-refractivity contribution in [3.05, 3.63) is 29.2 Å². The number of rotatable bonds is 1. The van der Waals surface area contributed by atoms with Gasteiger partial charge in [0, 0.05) is 12.3 Å². The second-order valence-corrected chi connectivity index (χ2v) is 9.03. The van der Waals surface area contributed by atoms with Crippen LogP contribution in [0.3, 0.4) is 0 Å². The van der Waals surface area contributed by atoms with E-state index in [1.165, 1.54) is 37.7 Å². The minimum Gasteiger partial charge on any atom is -0.465 e. The first-order chi connectivity index (χ1) is 12.1. The third kappa shape index (κ3) is 2.27. The van der Waals surface area contributed by atoms with E-state index in [9.17, 15) is 4.79 Å². The minimum absolute atomic E-state index is 0.109. The summed E-state index contributed by atoms with van der Waals surface area (Å²) in [5, 5.41) is 0. The highest BCUT2D eigenvalue weighted by atomic mass is 16.5. The molecule has 3 heteroatoms. The molecule has 6 atom stereocenters. The van der Waals surface area contributed by atoms with Gasteiger partial charge < -0.3 is 9.15 Å². The molecule has 1 aromatic heterocycles. The van der Waals surface area contributed by atoms with Gasteiger partial charge in [-0.15, -0.1) is 0 Å². The summed E-state index contributed by atoms with van der Waals surface area (Å²) in [5.41, 5.74) is 3.22. The molecule has 4 aliphatic carbocycles. The number of allylic oxidation sites excluding steroid dienone is 1. The quantitative estimate of drug-likeness (QED) is 0.675. The molecular formula is C22H28O3. The van der Waals surface area contributed by atoms with E-state index in [1.54, 1.807) is 12.5 Å². The Morgan fingerprint density at radius 3 is 2.96 bits per heavy atom. The number of hydrogen-bond acceptors (Lipinski definition) is 3. The fraction of sp³-hybridized carbons (Fsp3) is 0.682. The summed E-state index contributed by atoms with van der Waals surface area (Å²) >= 11 is 0. The largest absolute Gasteiger partial charge is 0.465 e. The zero-order valence-electron chi connectivity index (χ0n) is 15.3. The van der Waals surface area contributed by atoms with E-state index in [0.29, 0.717) is 5.92 Å². The van der Waals surface area contributed by atoms with Crippen LogP contribution in [-0.2, 0) is 16.0 Å². The maximum Gasteiger partial charge on any atom is 0.302 e. The second-order valence-electron chi connectivity index (χ2n) is 9.03. The molecule has 0 N–H and O–H groups in total. The number of hydrogen-bond donors (Lipinski definition) is 0. The average molecular weight is 340 g/mol. The molecule has 1 heterocycles. The second kappa shape index (κ2) is 5.49. The zero-order valence-corrected chi connectivity index (χ0v) is 15.3. The van der Waals surface area contributed by atoms with E-state index in [4.69, 9.17) is 9.15 Å². The van der Waals surface area contributed by atoms with Crippen LogP contribution in [-0.4, -0.2) is 12.1 Å². The lowest BCUT2D eigenvalue weighted by molar-refractivity contribution is -0.156. The maximum atomic E-state index is 11.5. The predicted molar refractivity (Wildman–Crippen MR) is 95.7 cm³/mol. The van der Waals surface area contributed by atoms with Crippen molar-refractivity contribution in [3.8, 4) is 0 Å². The van der Waals surface area contributed by atoms with Crippen molar-refractivity contribution in [1.29, 1.82) is 0 Å². The molecule has 3 fully saturated rings. The normalized spacial score (nSPS) is 41.8. The van der Waals surface area contributed by atoms with E-state index in [2.05, 4.69) is 19.1 Å². The summed E-state index contributed by atoms with van der Waals surface area (Å²) in [6.45, 7) is 3.96. The Morgan fingerprint density at radius 2 is 2.12 bits per heavy atom. The van der Waals surface area contributed by atoms with Gasteiger partial charge in [0.15, 0.2) is 0 Å². The molecular weight excluding hydrogens is 312 g/mol. The van der Waals surface area contributed by atoms with Crippen LogP contribution < -0.4 is 0 Å². The highest BCUT2D eigenvalue weighted by molar-refractivity contribution is 5.66. The number of esters is 1. The van der Waals surface area contributed by atoms with Gasteiger partial charge in [-0.3, -0.25) is 4.79 Å². The average Bonchev–Trinajstić information content (AvgIpc) is 3.16. The molecule has 3 saturated carbocycles. The Labute approximate surface area is 149 Å². The van der Waals surface area contributed by atoms with Gasteiger partial charge in [-0.2, -0.15) is 0 Å². The van der Waals surface area contributed by atoms with Crippen molar-refractivity contribution in [3.63, 3.8) is 0 Å². The van der Waals surface area contributed by atoms with Gasteiger partial charge in [0.2, 0.25) is 0 Å². The first-order valence-corrected chi connectivity index (χ1v) is 10.0. The summed E-state index contributed by atoms with van der Waals surface area (Å²) in [6, 6.07) is 2.16. The molecule has 5 rings (SSSR count). The number of ether oxygens (including phenoxy) is 1. The van der Waals surface area contributed by atoms with E-state index in [1.807, 2.05) is 6.26 Å². The summed E-state index contributed by atoms with van der Waals surface area (Å²) in [6.07, 6.45) is 12.8. The fourth-order valence-electron chi connectivity index (χ4n) is 6.88. The number of furan rings is 1. The van der Waals surface area contributed by atoms with Crippen molar-refractivity contribution < 1.29 is 13.9 Å². The molecule has 134 valence electrons. The topological polar surface area (TPSA) is 39.4 Å². The van der Waals surface area contributed by atoms with Gasteiger partial charge in [0.1, 0.15) is 11.9 Å². The van der Waals surface area contributed by atoms with E-state index in [-0.39, 0.29) is 17.5 Å². The molecule has 0 unspecified atom stereocenters. The van der Waals surface area contributed by atoms with Gasteiger partial charge in [0.25, 0.3) is 0 Å².